The summed E-state index contributed by atoms with van der Waals surface area (Å²) < 4.78 is 138. The zero-order valence-electron chi connectivity index (χ0n) is 50.4. The van der Waals surface area contributed by atoms with Crippen LogP contribution in [0.3, 0.4) is 0 Å². The Labute approximate surface area is 506 Å². The second-order valence-electron chi connectivity index (χ2n) is 19.6. The van der Waals surface area contributed by atoms with Crippen molar-refractivity contribution in [1.82, 2.24) is 0 Å². The van der Waals surface area contributed by atoms with Gasteiger partial charge in [-0.15, -0.1) is 0 Å². The minimum atomic E-state index is -2.41. The second kappa shape index (κ2) is 35.6. The summed E-state index contributed by atoms with van der Waals surface area (Å²) in [5.74, 6) is -12.8. The summed E-state index contributed by atoms with van der Waals surface area (Å²) in [4.78, 5) is 157. The van der Waals surface area contributed by atoms with Crippen LogP contribution in [0.5, 0.6) is 0 Å². The number of hydrogen-bond donors (Lipinski definition) is 0. The number of carbonyl (C=O) groups excluding carboxylic acids is 12. The summed E-state index contributed by atoms with van der Waals surface area (Å²) in [7, 11) is 0. The molecule has 0 bridgehead atoms. The van der Waals surface area contributed by atoms with E-state index in [0.29, 0.717) is 0 Å². The highest BCUT2D eigenvalue weighted by Gasteiger charge is 2.62. The van der Waals surface area contributed by atoms with Crippen LogP contribution in [0.2, 0.25) is 0 Å². The molecule has 0 aromatic rings. The van der Waals surface area contributed by atoms with Crippen molar-refractivity contribution < 1.29 is 161 Å². The average molecular weight is 1290 g/mol. The topological polar surface area (TPSA) is 447 Å². The lowest BCUT2D eigenvalue weighted by Gasteiger charge is -2.51. The van der Waals surface area contributed by atoms with E-state index >= 15 is 4.39 Å². The van der Waals surface area contributed by atoms with E-state index in [4.69, 9.17) is 105 Å². The molecule has 4 aliphatic rings. The van der Waals surface area contributed by atoms with Gasteiger partial charge in [0.2, 0.25) is 0 Å². The first-order valence-corrected chi connectivity index (χ1v) is 27.2. The molecule has 0 radical (unpaired) electrons. The number of alkyl halides is 1. The zero-order valence-corrected chi connectivity index (χ0v) is 50.4. The maximum atomic E-state index is 15.3. The van der Waals surface area contributed by atoms with Gasteiger partial charge in [0.15, 0.2) is 92.3 Å². The molecule has 0 amide bonds. The van der Waals surface area contributed by atoms with Crippen LogP contribution < -0.4 is 0 Å². The highest BCUT2D eigenvalue weighted by atomic mass is 19.1. The maximum Gasteiger partial charge on any atom is 0.303 e. The predicted octanol–water partition coefficient (Wildman–Crippen LogP) is -0.571. The molecule has 36 nitrogen and oxygen atoms in total. The van der Waals surface area contributed by atoms with Crippen molar-refractivity contribution in [3.05, 3.63) is 10.4 Å². The smallest absolute Gasteiger partial charge is 0.303 e. The lowest BCUT2D eigenvalue weighted by molar-refractivity contribution is -0.403. The van der Waals surface area contributed by atoms with Gasteiger partial charge in [-0.1, -0.05) is 5.11 Å². The van der Waals surface area contributed by atoms with E-state index < -0.39 is 228 Å². The van der Waals surface area contributed by atoms with E-state index in [1.165, 1.54) is 0 Å². The predicted molar refractivity (Wildman–Crippen MR) is 276 cm³/mol. The molecule has 0 spiro atoms. The first kappa shape index (κ1) is 74.0. The number of hydrogen-bond acceptors (Lipinski definition) is 34. The molecule has 0 saturated carbocycles. The number of azide groups is 1. The fraction of sp³-hybridized carbons (Fsp3) is 0.769. The molecular weight excluding hydrogens is 1210 g/mol. The van der Waals surface area contributed by atoms with E-state index in [0.717, 1.165) is 83.1 Å². The Morgan fingerprint density at radius 1 is 0.348 bits per heavy atom. The quantitative estimate of drug-likeness (QED) is 0.0226. The molecule has 4 fully saturated rings. The fourth-order valence-electron chi connectivity index (χ4n) is 9.43. The van der Waals surface area contributed by atoms with Crippen LogP contribution in [0.1, 0.15) is 83.1 Å². The molecule has 37 heteroatoms. The minimum Gasteiger partial charge on any atom is -0.463 e. The number of carbonyl (C=O) groups is 12. The first-order valence-electron chi connectivity index (χ1n) is 27.2. The van der Waals surface area contributed by atoms with Crippen molar-refractivity contribution in [3.8, 4) is 0 Å². The van der Waals surface area contributed by atoms with Crippen LogP contribution in [-0.4, -0.2) is 247 Å². The van der Waals surface area contributed by atoms with E-state index in [9.17, 15) is 57.5 Å². The van der Waals surface area contributed by atoms with E-state index in [1.807, 2.05) is 0 Å². The number of nitrogens with zero attached hydrogens (tertiary/aromatic N) is 3. The third kappa shape index (κ3) is 23.1. The van der Waals surface area contributed by atoms with E-state index in [1.54, 1.807) is 0 Å². The Balaban J connectivity index is 2.14. The van der Waals surface area contributed by atoms with Crippen molar-refractivity contribution in [3.63, 3.8) is 0 Å². The number of esters is 12. The molecule has 4 rings (SSSR count). The normalized spacial score (nSPS) is 31.5. The van der Waals surface area contributed by atoms with Gasteiger partial charge < -0.3 is 99.5 Å². The van der Waals surface area contributed by atoms with Crippen LogP contribution in [-0.2, 0) is 157 Å². The molecule has 89 heavy (non-hydrogen) atoms. The van der Waals surface area contributed by atoms with Gasteiger partial charge in [-0.2, -0.15) is 0 Å². The number of rotatable bonds is 29. The van der Waals surface area contributed by atoms with Crippen LogP contribution >= 0.6 is 0 Å². The molecule has 500 valence electrons. The van der Waals surface area contributed by atoms with E-state index in [-0.39, 0.29) is 19.8 Å². The number of ether oxygens (including phenoxy) is 21. The lowest BCUT2D eigenvalue weighted by atomic mass is 9.94. The Hall–Kier alpha value is -7.48. The van der Waals surface area contributed by atoms with Gasteiger partial charge >= 0.3 is 71.6 Å². The second-order valence-corrected chi connectivity index (χ2v) is 19.6. The van der Waals surface area contributed by atoms with Crippen molar-refractivity contribution in [1.29, 1.82) is 0 Å². The molecular formula is C52H72FN3O33. The van der Waals surface area contributed by atoms with Gasteiger partial charge in [0.25, 0.3) is 0 Å². The van der Waals surface area contributed by atoms with Gasteiger partial charge in [0.05, 0.1) is 19.8 Å². The number of halogens is 1. The Morgan fingerprint density at radius 2 is 0.629 bits per heavy atom. The van der Waals surface area contributed by atoms with Gasteiger partial charge in [-0.3, -0.25) is 57.5 Å². The fourth-order valence-corrected chi connectivity index (χ4v) is 9.43. The standard InChI is InChI=1S/C52H72FN3O33/c1-21(57)71-18-34-40(77-27(7)63)44(45(81-31(11)67)49(84-34)70-16-15-69-14-13-55-56-54)87-51-47(42(79-29(9)65)38(75-25(5)61)35(85-51)19-72-22(2)58)89-52-48(43(80-30(10)66)39(76-26(6)62)36(86-52)20-73-23(3)59)88-50-46(82-32(12)68)41(78-28(8)64)37(74-24(4)60)33(17-53)83-50/h33-52H,13-20H2,1-12H3/t33-,34-,35-,36-,37-,38-,39-,40-,41+,42+,43+,44+,45+,46+,47+,48+,49+,50-,51-,52-/m1/s1. The Bertz CT molecular complexity index is 2550. The summed E-state index contributed by atoms with van der Waals surface area (Å²) in [6.07, 6.45) is -40.7. The Morgan fingerprint density at radius 3 is 0.978 bits per heavy atom. The Kier molecular flexibility index (Phi) is 29.6. The molecule has 4 aliphatic heterocycles. The van der Waals surface area contributed by atoms with Crippen LogP contribution in [0.4, 0.5) is 4.39 Å². The van der Waals surface area contributed by atoms with Crippen molar-refractivity contribution in [2.45, 2.75) is 206 Å². The monoisotopic (exact) mass is 1290 g/mol. The van der Waals surface area contributed by atoms with Gasteiger partial charge in [-0.05, 0) is 5.53 Å². The van der Waals surface area contributed by atoms with Crippen LogP contribution in [0.15, 0.2) is 5.11 Å². The highest BCUT2D eigenvalue weighted by molar-refractivity contribution is 5.71. The third-order valence-electron chi connectivity index (χ3n) is 12.4. The molecule has 0 aliphatic carbocycles. The average Bonchev–Trinajstić information content (AvgIpc) is 0.805. The van der Waals surface area contributed by atoms with Gasteiger partial charge in [-0.25, -0.2) is 4.39 Å². The first-order chi connectivity index (χ1) is 41.9. The molecule has 4 heterocycles. The summed E-state index contributed by atoms with van der Waals surface area (Å²) in [6, 6.07) is 0. The van der Waals surface area contributed by atoms with E-state index in [2.05, 4.69) is 10.0 Å². The maximum absolute atomic E-state index is 15.3. The summed E-state index contributed by atoms with van der Waals surface area (Å²) in [6.45, 7) is 6.19. The molecule has 0 N–H and O–H groups in total. The molecule has 4 saturated heterocycles. The van der Waals surface area contributed by atoms with Crippen LogP contribution in [0, 0.1) is 0 Å². The zero-order chi connectivity index (χ0) is 66.4. The third-order valence-corrected chi connectivity index (χ3v) is 12.4. The largest absolute Gasteiger partial charge is 0.463 e. The van der Waals surface area contributed by atoms with Gasteiger partial charge in [0.1, 0.15) is 57.0 Å². The van der Waals surface area contributed by atoms with Gasteiger partial charge in [0, 0.05) is 94.5 Å². The highest BCUT2D eigenvalue weighted by Crippen LogP contribution is 2.40. The van der Waals surface area contributed by atoms with Crippen molar-refractivity contribution >= 4 is 71.6 Å². The summed E-state index contributed by atoms with van der Waals surface area (Å²) in [5, 5.41) is 3.37. The molecule has 20 atom stereocenters. The molecule has 0 aromatic carbocycles. The van der Waals surface area contributed by atoms with Crippen molar-refractivity contribution in [2.24, 2.45) is 5.11 Å². The van der Waals surface area contributed by atoms with Crippen LogP contribution in [0.25, 0.3) is 10.4 Å². The lowest BCUT2D eigenvalue weighted by Crippen LogP contribution is -2.70. The SMILES string of the molecule is CC(=O)OC[C@H]1O[C@H](OCCOCCN=[N+]=[N-])[C@@H](OC(C)=O)[C@@H](O[C@H]2O[C@H](COC(C)=O)[C@@H](OC(C)=O)[C@H](OC(C)=O)[C@@H]2O[C@H]2O[C@H](COC(C)=O)[C@@H](OC(C)=O)[C@H](OC(C)=O)[C@@H]2O[C@H]2O[C@H](CF)[C@@H](OC(C)=O)[C@H](OC(C)=O)[C@@H]2OC(C)=O)[C@@H]1OC(C)=O. The summed E-state index contributed by atoms with van der Waals surface area (Å²) >= 11 is 0. The minimum absolute atomic E-state index is 0.0904. The van der Waals surface area contributed by atoms with Crippen molar-refractivity contribution in [2.75, 3.05) is 52.9 Å². The summed E-state index contributed by atoms with van der Waals surface area (Å²) in [5.41, 5.74) is 8.68. The molecule has 0 aromatic heterocycles. The molecule has 0 unspecified atom stereocenters.